The molecule has 1 heteroatoms. The molecule has 0 aromatic carbocycles. The minimum Gasteiger partial charge on any atom is -0.357 e. The van der Waals surface area contributed by atoms with E-state index in [2.05, 4.69) is 61.8 Å². The molecule has 1 nitrogen and oxygen atoms in total. The monoisotopic (exact) mass is 229 g/mol. The highest BCUT2D eigenvalue weighted by Crippen LogP contribution is 2.12. The van der Waals surface area contributed by atoms with Crippen molar-refractivity contribution >= 4 is 0 Å². The molecule has 0 aliphatic heterocycles. The average Bonchev–Trinajstić information content (AvgIpc) is 2.71. The highest BCUT2D eigenvalue weighted by Gasteiger charge is 1.96. The molecule has 0 radical (unpaired) electrons. The zero-order chi connectivity index (χ0) is 12.5. The number of aromatic nitrogens is 1. The molecule has 0 unspecified atom stereocenters. The highest BCUT2D eigenvalue weighted by molar-refractivity contribution is 5.22. The first-order valence-electron chi connectivity index (χ1n) is 6.31. The van der Waals surface area contributed by atoms with Crippen LogP contribution in [0.15, 0.2) is 54.9 Å². The second-order valence-electron chi connectivity index (χ2n) is 4.37. The van der Waals surface area contributed by atoms with Crippen LogP contribution in [0, 0.1) is 0 Å². The molecule has 92 valence electrons. The quantitative estimate of drug-likeness (QED) is 0.481. The Bertz CT molecular complexity index is 393. The fourth-order valence-electron chi connectivity index (χ4n) is 1.95. The van der Waals surface area contributed by atoms with Gasteiger partial charge in [0, 0.05) is 19.4 Å². The van der Waals surface area contributed by atoms with Gasteiger partial charge in [0.1, 0.15) is 0 Å². The van der Waals surface area contributed by atoms with E-state index in [1.54, 1.807) is 0 Å². The lowest BCUT2D eigenvalue weighted by molar-refractivity contribution is 0.735. The van der Waals surface area contributed by atoms with Crippen LogP contribution in [-0.4, -0.2) is 4.57 Å². The predicted octanol–water partition coefficient (Wildman–Crippen LogP) is 4.43. The van der Waals surface area contributed by atoms with Gasteiger partial charge in [-0.1, -0.05) is 30.9 Å². The summed E-state index contributed by atoms with van der Waals surface area (Å²) in [6.45, 7) is 5.80. The molecule has 1 heterocycles. The predicted molar refractivity (Wildman–Crippen MR) is 76.1 cm³/mol. The van der Waals surface area contributed by atoms with Crippen molar-refractivity contribution in [1.29, 1.82) is 0 Å². The Morgan fingerprint density at radius 1 is 1.41 bits per heavy atom. The smallest absolute Gasteiger partial charge is 0.0106 e. The molecule has 0 bridgehead atoms. The van der Waals surface area contributed by atoms with Gasteiger partial charge >= 0.3 is 0 Å². The minimum absolute atomic E-state index is 1.14. The maximum Gasteiger partial charge on any atom is 0.0106 e. The largest absolute Gasteiger partial charge is 0.357 e. The van der Waals surface area contributed by atoms with E-state index in [0.717, 1.165) is 6.42 Å². The third kappa shape index (κ3) is 5.39. The number of allylic oxidation sites excluding steroid dienone is 5. The van der Waals surface area contributed by atoms with E-state index in [-0.39, 0.29) is 0 Å². The Morgan fingerprint density at radius 2 is 2.24 bits per heavy atom. The number of hydrogen-bond acceptors (Lipinski definition) is 0. The lowest BCUT2D eigenvalue weighted by Crippen LogP contribution is -1.86. The molecule has 0 fully saturated rings. The topological polar surface area (TPSA) is 4.93 Å². The molecule has 0 saturated carbocycles. The van der Waals surface area contributed by atoms with Crippen LogP contribution in [0.1, 0.15) is 31.7 Å². The summed E-state index contributed by atoms with van der Waals surface area (Å²) in [7, 11) is 2.07. The fraction of sp³-hybridized carbons (Fsp3) is 0.375. The van der Waals surface area contributed by atoms with Crippen molar-refractivity contribution in [3.63, 3.8) is 0 Å². The van der Waals surface area contributed by atoms with E-state index >= 15 is 0 Å². The first-order chi connectivity index (χ1) is 8.26. The zero-order valence-corrected chi connectivity index (χ0v) is 11.0. The van der Waals surface area contributed by atoms with E-state index in [9.17, 15) is 0 Å². The van der Waals surface area contributed by atoms with Gasteiger partial charge in [0.25, 0.3) is 0 Å². The molecule has 17 heavy (non-hydrogen) atoms. The molecular weight excluding hydrogens is 206 g/mol. The zero-order valence-electron chi connectivity index (χ0n) is 11.0. The van der Waals surface area contributed by atoms with Crippen molar-refractivity contribution < 1.29 is 0 Å². The minimum atomic E-state index is 1.14. The lowest BCUT2D eigenvalue weighted by atomic mass is 10.0. The molecule has 0 N–H and O–H groups in total. The first-order valence-corrected chi connectivity index (χ1v) is 6.31. The van der Waals surface area contributed by atoms with Crippen molar-refractivity contribution in [2.75, 3.05) is 0 Å². The fourth-order valence-corrected chi connectivity index (χ4v) is 1.95. The Balaban J connectivity index is 2.27. The molecule has 0 amide bonds. The van der Waals surface area contributed by atoms with Crippen LogP contribution in [0.4, 0.5) is 0 Å². The number of aryl methyl sites for hydroxylation is 2. The molecular formula is C16H23N. The Hall–Kier alpha value is -1.50. The van der Waals surface area contributed by atoms with Gasteiger partial charge in [-0.05, 0) is 49.8 Å². The number of rotatable bonds is 7. The van der Waals surface area contributed by atoms with Crippen LogP contribution < -0.4 is 0 Å². The van der Waals surface area contributed by atoms with E-state index < -0.39 is 0 Å². The van der Waals surface area contributed by atoms with Gasteiger partial charge in [-0.25, -0.2) is 0 Å². The van der Waals surface area contributed by atoms with Gasteiger partial charge < -0.3 is 4.57 Å². The van der Waals surface area contributed by atoms with Crippen molar-refractivity contribution in [2.24, 2.45) is 7.05 Å². The summed E-state index contributed by atoms with van der Waals surface area (Å²) in [6, 6.07) is 2.20. The molecule has 0 aliphatic rings. The first kappa shape index (κ1) is 13.6. The maximum atomic E-state index is 3.75. The average molecular weight is 229 g/mol. The Morgan fingerprint density at radius 3 is 2.82 bits per heavy atom. The van der Waals surface area contributed by atoms with Gasteiger partial charge in [-0.3, -0.25) is 0 Å². The van der Waals surface area contributed by atoms with Crippen molar-refractivity contribution in [3.8, 4) is 0 Å². The van der Waals surface area contributed by atoms with Gasteiger partial charge in [-0.2, -0.15) is 0 Å². The molecule has 0 spiro atoms. The van der Waals surface area contributed by atoms with Gasteiger partial charge in [0.2, 0.25) is 0 Å². The number of unbranched alkanes of at least 4 members (excludes halogenated alkanes) is 1. The van der Waals surface area contributed by atoms with Crippen LogP contribution >= 0.6 is 0 Å². The normalized spacial score (nSPS) is 12.2. The molecule has 1 aromatic rings. The second-order valence-corrected chi connectivity index (χ2v) is 4.37. The highest BCUT2D eigenvalue weighted by atomic mass is 14.9. The summed E-state index contributed by atoms with van der Waals surface area (Å²) < 4.78 is 2.11. The molecule has 0 atom stereocenters. The molecule has 0 saturated heterocycles. The Labute approximate surface area is 105 Å². The Kier molecular flexibility index (Phi) is 6.16. The van der Waals surface area contributed by atoms with Crippen LogP contribution in [0.2, 0.25) is 0 Å². The van der Waals surface area contributed by atoms with Crippen LogP contribution in [0.5, 0.6) is 0 Å². The van der Waals surface area contributed by atoms with Crippen LogP contribution in [-0.2, 0) is 13.5 Å². The third-order valence-electron chi connectivity index (χ3n) is 2.79. The molecule has 1 rings (SSSR count). The van der Waals surface area contributed by atoms with E-state index in [1.165, 1.54) is 30.4 Å². The van der Waals surface area contributed by atoms with Gasteiger partial charge in [0.05, 0.1) is 0 Å². The molecule has 0 aliphatic carbocycles. The third-order valence-corrected chi connectivity index (χ3v) is 2.79. The standard InChI is InChI=1S/C16H23N/c1-4-8-15(9-5-2)10-6-7-11-16-12-13-17(3)14-16/h4-5,8-9,12-14H,1,6-7,10-11H2,2-3H3/b9-5-,15-8+. The van der Waals surface area contributed by atoms with Crippen LogP contribution in [0.25, 0.3) is 0 Å². The maximum absolute atomic E-state index is 3.75. The summed E-state index contributed by atoms with van der Waals surface area (Å²) in [5.41, 5.74) is 2.81. The lowest BCUT2D eigenvalue weighted by Gasteiger charge is -2.01. The summed E-state index contributed by atoms with van der Waals surface area (Å²) in [5, 5.41) is 0. The van der Waals surface area contributed by atoms with Crippen LogP contribution in [0.3, 0.4) is 0 Å². The van der Waals surface area contributed by atoms with E-state index in [0.29, 0.717) is 0 Å². The van der Waals surface area contributed by atoms with Crippen molar-refractivity contribution in [2.45, 2.75) is 32.6 Å². The van der Waals surface area contributed by atoms with Crippen molar-refractivity contribution in [1.82, 2.24) is 4.57 Å². The summed E-state index contributed by atoms with van der Waals surface area (Å²) in [6.07, 6.45) is 17.3. The molecule has 1 aromatic heterocycles. The number of hydrogen-bond donors (Lipinski definition) is 0. The summed E-state index contributed by atoms with van der Waals surface area (Å²) in [4.78, 5) is 0. The van der Waals surface area contributed by atoms with Gasteiger partial charge in [0.15, 0.2) is 0 Å². The van der Waals surface area contributed by atoms with Gasteiger partial charge in [-0.15, -0.1) is 0 Å². The number of nitrogens with zero attached hydrogens (tertiary/aromatic N) is 1. The SMILES string of the molecule is C=C/C=C(\C=C/C)CCCCc1ccn(C)c1. The summed E-state index contributed by atoms with van der Waals surface area (Å²) in [5.74, 6) is 0. The van der Waals surface area contributed by atoms with E-state index in [1.807, 2.05) is 6.08 Å². The summed E-state index contributed by atoms with van der Waals surface area (Å²) >= 11 is 0. The van der Waals surface area contributed by atoms with Crippen molar-refractivity contribution in [3.05, 3.63) is 60.5 Å². The van der Waals surface area contributed by atoms with E-state index in [4.69, 9.17) is 0 Å². The second kappa shape index (κ2) is 7.72.